The minimum Gasteiger partial charge on any atom is -1.00 e. The van der Waals surface area contributed by atoms with Crippen LogP contribution in [0, 0.1) is 0 Å². The average Bonchev–Trinajstić information content (AvgIpc) is 3.76. The molecule has 292 valence electrons. The van der Waals surface area contributed by atoms with Gasteiger partial charge in [-0.25, -0.2) is 0 Å². The van der Waals surface area contributed by atoms with Crippen molar-refractivity contribution < 1.29 is 60.4 Å². The lowest BCUT2D eigenvalue weighted by Crippen LogP contribution is -3.00. The van der Waals surface area contributed by atoms with Gasteiger partial charge < -0.3 is 70.2 Å². The molecule has 51 heavy (non-hydrogen) atoms. The molecular formula is C38H66Cl2N6O5. The van der Waals surface area contributed by atoms with Crippen LogP contribution in [0.1, 0.15) is 35.8 Å². The highest BCUT2D eigenvalue weighted by Gasteiger charge is 2.45. The molecule has 0 bridgehead atoms. The fourth-order valence-corrected chi connectivity index (χ4v) is 9.49. The fraction of sp³-hybridized carbons (Fsp3) is 0.684. The number of nitrogens with zero attached hydrogens (tertiary/aromatic N) is 6. The number of benzene rings is 2. The van der Waals surface area contributed by atoms with Gasteiger partial charge >= 0.3 is 0 Å². The van der Waals surface area contributed by atoms with E-state index in [0.29, 0.717) is 11.8 Å². The van der Waals surface area contributed by atoms with Gasteiger partial charge in [-0.1, -0.05) is 60.7 Å². The lowest BCUT2D eigenvalue weighted by molar-refractivity contribution is -1.03. The van der Waals surface area contributed by atoms with E-state index in [1.54, 1.807) is 0 Å². The molecule has 0 aromatic heterocycles. The van der Waals surface area contributed by atoms with Crippen molar-refractivity contribution in [3.05, 3.63) is 71.8 Å². The topological polar surface area (TPSA) is 148 Å². The predicted molar refractivity (Wildman–Crippen MR) is 196 cm³/mol. The van der Waals surface area contributed by atoms with Crippen LogP contribution in [0.3, 0.4) is 0 Å². The van der Waals surface area contributed by atoms with Crippen LogP contribution in [0.2, 0.25) is 0 Å². The van der Waals surface area contributed by atoms with Crippen molar-refractivity contribution in [2.24, 2.45) is 0 Å². The van der Waals surface area contributed by atoms with Crippen LogP contribution in [0.5, 0.6) is 0 Å². The Balaban J connectivity index is 0.00000180. The Bertz CT molecular complexity index is 1130. The van der Waals surface area contributed by atoms with Gasteiger partial charge in [0.15, 0.2) is 0 Å². The lowest BCUT2D eigenvalue weighted by atomic mass is 9.99. The average molecular weight is 758 g/mol. The number of halogens is 2. The summed E-state index contributed by atoms with van der Waals surface area (Å²) in [5.74, 6) is 1.22. The van der Waals surface area contributed by atoms with Gasteiger partial charge in [0, 0.05) is 65.4 Å². The van der Waals surface area contributed by atoms with E-state index in [0.717, 1.165) is 78.5 Å². The Hall–Kier alpha value is -1.42. The summed E-state index contributed by atoms with van der Waals surface area (Å²) in [5.41, 5.74) is 2.89. The molecule has 8 N–H and O–H groups in total. The van der Waals surface area contributed by atoms with Crippen molar-refractivity contribution in [2.75, 3.05) is 131 Å². The van der Waals surface area contributed by atoms with E-state index >= 15 is 0 Å². The molecule has 4 atom stereocenters. The van der Waals surface area contributed by atoms with E-state index in [1.165, 1.54) is 85.3 Å². The predicted octanol–water partition coefficient (Wildman–Crippen LogP) is -6.50. The second kappa shape index (κ2) is 20.9. The van der Waals surface area contributed by atoms with E-state index < -0.39 is 0 Å². The van der Waals surface area contributed by atoms with E-state index in [2.05, 4.69) is 80.3 Å². The summed E-state index contributed by atoms with van der Waals surface area (Å²) in [6, 6.07) is 21.8. The maximum absolute atomic E-state index is 11.0. The zero-order chi connectivity index (χ0) is 31.4. The number of hydrogen-bond donors (Lipinski definition) is 2. The molecular weight excluding hydrogens is 691 g/mol. The number of likely N-dealkylation sites (tertiary alicyclic amines) is 2. The van der Waals surface area contributed by atoms with Crippen LogP contribution < -0.4 is 24.8 Å². The highest BCUT2D eigenvalue weighted by Crippen LogP contribution is 2.29. The van der Waals surface area contributed by atoms with Crippen molar-refractivity contribution in [2.45, 2.75) is 36.9 Å². The zero-order valence-corrected chi connectivity index (χ0v) is 32.0. The highest BCUT2D eigenvalue weighted by molar-refractivity contribution is 5.22. The van der Waals surface area contributed by atoms with Crippen molar-refractivity contribution in [3.63, 3.8) is 0 Å². The van der Waals surface area contributed by atoms with Crippen LogP contribution >= 0.6 is 0 Å². The smallest absolute Gasteiger partial charge is 0.129 e. The number of rotatable bonds is 10. The lowest BCUT2D eigenvalue weighted by Gasteiger charge is -2.54. The molecule has 7 rings (SSSR count). The molecule has 2 aromatic rings. The Morgan fingerprint density at radius 2 is 0.784 bits per heavy atom. The minimum atomic E-state index is -0.257. The van der Waals surface area contributed by atoms with Crippen LogP contribution in [-0.4, -0.2) is 198 Å². The van der Waals surface area contributed by atoms with Crippen molar-refractivity contribution in [1.82, 2.24) is 19.6 Å². The Morgan fingerprint density at radius 1 is 0.471 bits per heavy atom. The molecule has 0 saturated carbocycles. The molecule has 4 unspecified atom stereocenters. The zero-order valence-electron chi connectivity index (χ0n) is 30.5. The second-order valence-electron chi connectivity index (χ2n) is 15.7. The molecule has 5 fully saturated rings. The summed E-state index contributed by atoms with van der Waals surface area (Å²) in [7, 11) is 0. The number of quaternary nitrogens is 2. The largest absolute Gasteiger partial charge is 1.00 e. The summed E-state index contributed by atoms with van der Waals surface area (Å²) in [5, 5.41) is 21.9. The first-order chi connectivity index (χ1) is 22.4. The number of aliphatic hydroxyl groups excluding tert-OH is 2. The fourth-order valence-electron chi connectivity index (χ4n) is 9.49. The molecule has 5 aliphatic heterocycles. The van der Waals surface area contributed by atoms with Gasteiger partial charge in [0.05, 0.1) is 38.4 Å². The van der Waals surface area contributed by atoms with Crippen LogP contribution in [0.25, 0.3) is 0 Å². The number of aliphatic hydroxyl groups is 2. The third-order valence-corrected chi connectivity index (χ3v) is 12.6. The van der Waals surface area contributed by atoms with Gasteiger partial charge in [-0.05, 0) is 48.9 Å². The van der Waals surface area contributed by atoms with E-state index in [1.807, 2.05) is 0 Å². The number of β-amino-alcohol motifs (C(OH)–C–C–N with tert-alkyl or cyclic N) is 2. The van der Waals surface area contributed by atoms with Gasteiger partial charge in [0.1, 0.15) is 26.2 Å². The first-order valence-corrected chi connectivity index (χ1v) is 18.5. The molecule has 11 nitrogen and oxygen atoms in total. The maximum atomic E-state index is 11.0. The normalized spacial score (nSPS) is 26.2. The molecule has 2 spiro atoms. The molecule has 0 aliphatic carbocycles. The van der Waals surface area contributed by atoms with E-state index in [-0.39, 0.29) is 53.5 Å². The molecule has 0 radical (unpaired) electrons. The van der Waals surface area contributed by atoms with E-state index in [9.17, 15) is 10.2 Å². The van der Waals surface area contributed by atoms with Crippen LogP contribution in [0.15, 0.2) is 60.7 Å². The SMILES string of the molecule is O.O.O.OC(CN1CC[N+]2(CC1)CC[N+]1(CCN(CC(O)CN3CCC(c4ccccc4)C3)CC1)CC2)CN1CCC(c2ccccc2)C1.[Cl-].[Cl-]. The quantitative estimate of drug-likeness (QED) is 0.231. The van der Waals surface area contributed by atoms with Crippen LogP contribution in [-0.2, 0) is 0 Å². The summed E-state index contributed by atoms with van der Waals surface area (Å²) in [4.78, 5) is 10.0. The Morgan fingerprint density at radius 3 is 1.12 bits per heavy atom. The first-order valence-electron chi connectivity index (χ1n) is 18.5. The summed E-state index contributed by atoms with van der Waals surface area (Å²) in [6.07, 6.45) is 1.89. The summed E-state index contributed by atoms with van der Waals surface area (Å²) >= 11 is 0. The standard InChI is InChI=1S/C38H60N6O2.2ClH.3H2O/c45-37(31-41-13-11-35(27-41)33-7-3-1-4-8-33)29-39-15-19-43(20-16-39)23-25-44(26-24-43)21-17-40(18-22-44)30-38(46)32-42-14-12-36(28-42)34-9-5-2-6-10-34;;;;;/h1-10,35-38,45-46H,11-32H2;2*1H;3*1H2/q+2;;;;;/p-2. The van der Waals surface area contributed by atoms with Crippen molar-refractivity contribution in [1.29, 1.82) is 0 Å². The highest BCUT2D eigenvalue weighted by atomic mass is 35.5. The summed E-state index contributed by atoms with van der Waals surface area (Å²) in [6.45, 7) is 22.3. The third kappa shape index (κ3) is 11.8. The van der Waals surface area contributed by atoms with Gasteiger partial charge in [-0.15, -0.1) is 0 Å². The molecule has 0 amide bonds. The van der Waals surface area contributed by atoms with Crippen molar-refractivity contribution >= 4 is 0 Å². The van der Waals surface area contributed by atoms with Gasteiger partial charge in [0.25, 0.3) is 0 Å². The Kier molecular flexibility index (Phi) is 18.7. The Labute approximate surface area is 318 Å². The van der Waals surface area contributed by atoms with Gasteiger partial charge in [-0.2, -0.15) is 0 Å². The van der Waals surface area contributed by atoms with Gasteiger partial charge in [-0.3, -0.25) is 9.80 Å². The van der Waals surface area contributed by atoms with E-state index in [4.69, 9.17) is 0 Å². The minimum absolute atomic E-state index is 0. The first kappa shape index (κ1) is 45.7. The van der Waals surface area contributed by atoms with Crippen molar-refractivity contribution in [3.8, 4) is 0 Å². The van der Waals surface area contributed by atoms with Gasteiger partial charge in [0.2, 0.25) is 0 Å². The second-order valence-corrected chi connectivity index (χ2v) is 15.7. The number of hydrogen-bond acceptors (Lipinski definition) is 6. The molecule has 5 saturated heterocycles. The monoisotopic (exact) mass is 756 g/mol. The van der Waals surface area contributed by atoms with Crippen LogP contribution in [0.4, 0.5) is 0 Å². The molecule has 5 aliphatic rings. The third-order valence-electron chi connectivity index (χ3n) is 12.6. The number of piperazine rings is 3. The molecule has 13 heteroatoms. The summed E-state index contributed by atoms with van der Waals surface area (Å²) < 4.78 is 2.58. The molecule has 2 aromatic carbocycles. The molecule has 5 heterocycles. The maximum Gasteiger partial charge on any atom is 0.129 e.